The zero-order valence-corrected chi connectivity index (χ0v) is 11.1. The van der Waals surface area contributed by atoms with Gasteiger partial charge >= 0.3 is 5.97 Å². The van der Waals surface area contributed by atoms with E-state index in [1.807, 2.05) is 0 Å². The molecular formula is C14H15NO4. The van der Waals surface area contributed by atoms with Gasteiger partial charge in [0.2, 0.25) is 0 Å². The highest BCUT2D eigenvalue weighted by Crippen LogP contribution is 2.23. The Morgan fingerprint density at radius 1 is 1.11 bits per heavy atom. The summed E-state index contributed by atoms with van der Waals surface area (Å²) in [7, 11) is 0. The number of hydrogen-bond donors (Lipinski definition) is 0. The highest BCUT2D eigenvalue weighted by atomic mass is 16.5. The predicted octanol–water partition coefficient (Wildman–Crippen LogP) is 1.83. The molecule has 100 valence electrons. The van der Waals surface area contributed by atoms with Gasteiger partial charge in [-0.2, -0.15) is 0 Å². The van der Waals surface area contributed by atoms with Crippen LogP contribution in [0.1, 0.15) is 41.5 Å². The van der Waals surface area contributed by atoms with Crippen LogP contribution in [0.2, 0.25) is 0 Å². The second-order valence-corrected chi connectivity index (χ2v) is 5.39. The standard InChI is InChI=1S/C14H15NO4/c1-14(2,3)13(18)19-8-15-11(16)9-6-4-5-7-10(9)12(15)17/h4-7H,8H2,1-3H3. The molecule has 0 N–H and O–H groups in total. The van der Waals surface area contributed by atoms with Crippen molar-refractivity contribution in [2.24, 2.45) is 5.41 Å². The fourth-order valence-electron chi connectivity index (χ4n) is 1.70. The number of benzene rings is 1. The smallest absolute Gasteiger partial charge is 0.312 e. The van der Waals surface area contributed by atoms with Crippen molar-refractivity contribution in [2.45, 2.75) is 20.8 Å². The average Bonchev–Trinajstić information content (AvgIpc) is 2.59. The molecule has 0 bridgehead atoms. The summed E-state index contributed by atoms with van der Waals surface area (Å²) in [6, 6.07) is 6.55. The van der Waals surface area contributed by atoms with Crippen LogP contribution in [0.5, 0.6) is 0 Å². The summed E-state index contributed by atoms with van der Waals surface area (Å²) in [4.78, 5) is 36.5. The summed E-state index contributed by atoms with van der Waals surface area (Å²) in [5.41, 5.74) is 0.0252. The van der Waals surface area contributed by atoms with Gasteiger partial charge in [0.25, 0.3) is 11.8 Å². The molecule has 1 aromatic carbocycles. The van der Waals surface area contributed by atoms with Gasteiger partial charge in [0, 0.05) is 0 Å². The maximum Gasteiger partial charge on any atom is 0.312 e. The topological polar surface area (TPSA) is 63.7 Å². The van der Waals surface area contributed by atoms with Crippen LogP contribution < -0.4 is 0 Å². The Labute approximate surface area is 111 Å². The van der Waals surface area contributed by atoms with E-state index >= 15 is 0 Å². The lowest BCUT2D eigenvalue weighted by molar-refractivity contribution is -0.155. The van der Waals surface area contributed by atoms with E-state index in [9.17, 15) is 14.4 Å². The third-order valence-corrected chi connectivity index (χ3v) is 2.82. The van der Waals surface area contributed by atoms with Crippen LogP contribution in [0.25, 0.3) is 0 Å². The molecule has 5 nitrogen and oxygen atoms in total. The van der Waals surface area contributed by atoms with Gasteiger partial charge in [-0.05, 0) is 32.9 Å². The van der Waals surface area contributed by atoms with E-state index in [0.29, 0.717) is 11.1 Å². The monoisotopic (exact) mass is 261 g/mol. The lowest BCUT2D eigenvalue weighted by Crippen LogP contribution is -2.35. The summed E-state index contributed by atoms with van der Waals surface area (Å²) in [6.07, 6.45) is 0. The van der Waals surface area contributed by atoms with Crippen molar-refractivity contribution < 1.29 is 19.1 Å². The minimum Gasteiger partial charge on any atom is -0.443 e. The third kappa shape index (κ3) is 2.36. The SMILES string of the molecule is CC(C)(C)C(=O)OCN1C(=O)c2ccccc2C1=O. The molecule has 2 rings (SSSR count). The van der Waals surface area contributed by atoms with E-state index in [1.54, 1.807) is 45.0 Å². The summed E-state index contributed by atoms with van der Waals surface area (Å²) < 4.78 is 5.01. The molecular weight excluding hydrogens is 246 g/mol. The summed E-state index contributed by atoms with van der Waals surface area (Å²) in [5.74, 6) is -1.31. The molecule has 0 unspecified atom stereocenters. The molecule has 0 saturated heterocycles. The first kappa shape index (κ1) is 13.3. The van der Waals surface area contributed by atoms with E-state index in [2.05, 4.69) is 0 Å². The summed E-state index contributed by atoms with van der Waals surface area (Å²) >= 11 is 0. The van der Waals surface area contributed by atoms with Gasteiger partial charge < -0.3 is 4.74 Å². The molecule has 0 aromatic heterocycles. The van der Waals surface area contributed by atoms with E-state index in [1.165, 1.54) is 0 Å². The molecule has 0 saturated carbocycles. The summed E-state index contributed by atoms with van der Waals surface area (Å²) in [6.45, 7) is 4.77. The Morgan fingerprint density at radius 3 is 2.00 bits per heavy atom. The molecule has 0 aliphatic carbocycles. The second kappa shape index (κ2) is 4.50. The number of ether oxygens (including phenoxy) is 1. The van der Waals surface area contributed by atoms with Crippen molar-refractivity contribution in [2.75, 3.05) is 6.73 Å². The van der Waals surface area contributed by atoms with Crippen LogP contribution in [0.4, 0.5) is 0 Å². The number of fused-ring (bicyclic) bond motifs is 1. The average molecular weight is 261 g/mol. The van der Waals surface area contributed by atoms with Crippen molar-refractivity contribution >= 4 is 17.8 Å². The number of amides is 2. The van der Waals surface area contributed by atoms with E-state index in [4.69, 9.17) is 4.74 Å². The molecule has 0 atom stereocenters. The van der Waals surface area contributed by atoms with Gasteiger partial charge in [0.15, 0.2) is 6.73 Å². The molecule has 1 aliphatic rings. The number of esters is 1. The van der Waals surface area contributed by atoms with E-state index in [0.717, 1.165) is 4.90 Å². The lowest BCUT2D eigenvalue weighted by atomic mass is 9.98. The number of hydrogen-bond acceptors (Lipinski definition) is 4. The van der Waals surface area contributed by atoms with Crippen molar-refractivity contribution in [3.63, 3.8) is 0 Å². The van der Waals surface area contributed by atoms with Gasteiger partial charge in [-0.3, -0.25) is 14.4 Å². The Morgan fingerprint density at radius 2 is 1.58 bits per heavy atom. The maximum atomic E-state index is 12.0. The number of nitrogens with zero attached hydrogens (tertiary/aromatic N) is 1. The molecule has 0 spiro atoms. The van der Waals surface area contributed by atoms with Gasteiger partial charge in [0.05, 0.1) is 16.5 Å². The highest BCUT2D eigenvalue weighted by Gasteiger charge is 2.36. The number of carbonyl (C=O) groups is 3. The van der Waals surface area contributed by atoms with Crippen LogP contribution in [0.15, 0.2) is 24.3 Å². The molecule has 19 heavy (non-hydrogen) atoms. The molecule has 0 radical (unpaired) electrons. The molecule has 2 amide bonds. The minimum absolute atomic E-state index is 0.345. The van der Waals surface area contributed by atoms with Crippen molar-refractivity contribution in [1.29, 1.82) is 0 Å². The Balaban J connectivity index is 2.11. The first-order valence-corrected chi connectivity index (χ1v) is 5.95. The molecule has 0 fully saturated rings. The largest absolute Gasteiger partial charge is 0.443 e. The fraction of sp³-hybridized carbons (Fsp3) is 0.357. The Bertz CT molecular complexity index is 522. The Kier molecular flexibility index (Phi) is 3.14. The molecule has 1 aromatic rings. The van der Waals surface area contributed by atoms with E-state index in [-0.39, 0.29) is 6.73 Å². The van der Waals surface area contributed by atoms with Crippen LogP contribution >= 0.6 is 0 Å². The normalized spacial score (nSPS) is 14.6. The van der Waals surface area contributed by atoms with Crippen molar-refractivity contribution in [3.8, 4) is 0 Å². The number of rotatable bonds is 2. The van der Waals surface area contributed by atoms with Gasteiger partial charge in [-0.25, -0.2) is 4.90 Å². The van der Waals surface area contributed by atoms with E-state index < -0.39 is 23.2 Å². The van der Waals surface area contributed by atoms with Gasteiger partial charge in [0.1, 0.15) is 0 Å². The van der Waals surface area contributed by atoms with Crippen molar-refractivity contribution in [3.05, 3.63) is 35.4 Å². The molecule has 5 heteroatoms. The van der Waals surface area contributed by atoms with Crippen LogP contribution in [-0.2, 0) is 9.53 Å². The van der Waals surface area contributed by atoms with Crippen molar-refractivity contribution in [1.82, 2.24) is 4.90 Å². The summed E-state index contributed by atoms with van der Waals surface area (Å²) in [5, 5.41) is 0. The Hall–Kier alpha value is -2.17. The van der Waals surface area contributed by atoms with Crippen LogP contribution in [-0.4, -0.2) is 29.4 Å². The second-order valence-electron chi connectivity index (χ2n) is 5.39. The number of carbonyl (C=O) groups excluding carboxylic acids is 3. The maximum absolute atomic E-state index is 12.0. The predicted molar refractivity (Wildman–Crippen MR) is 67.4 cm³/mol. The minimum atomic E-state index is -0.668. The zero-order chi connectivity index (χ0) is 14.2. The first-order valence-electron chi connectivity index (χ1n) is 5.95. The molecule has 1 heterocycles. The number of imide groups is 1. The molecule has 1 aliphatic heterocycles. The lowest BCUT2D eigenvalue weighted by Gasteiger charge is -2.19. The fourth-order valence-corrected chi connectivity index (χ4v) is 1.70. The third-order valence-electron chi connectivity index (χ3n) is 2.82. The highest BCUT2D eigenvalue weighted by molar-refractivity contribution is 6.21. The van der Waals surface area contributed by atoms with Gasteiger partial charge in [-0.1, -0.05) is 12.1 Å². The van der Waals surface area contributed by atoms with Crippen LogP contribution in [0.3, 0.4) is 0 Å². The zero-order valence-electron chi connectivity index (χ0n) is 11.1. The van der Waals surface area contributed by atoms with Gasteiger partial charge in [-0.15, -0.1) is 0 Å². The first-order chi connectivity index (χ1) is 8.82. The van der Waals surface area contributed by atoms with Crippen LogP contribution in [0, 0.1) is 5.41 Å². The quantitative estimate of drug-likeness (QED) is 0.602.